The minimum absolute atomic E-state index is 0.326. The first-order valence-corrected chi connectivity index (χ1v) is 6.65. The fourth-order valence-corrected chi connectivity index (χ4v) is 1.87. The Bertz CT molecular complexity index is 619. The summed E-state index contributed by atoms with van der Waals surface area (Å²) in [6.07, 6.45) is 1.53. The molecule has 1 rings (SSSR count). The van der Waals surface area contributed by atoms with Crippen LogP contribution < -0.4 is 10.6 Å². The predicted molar refractivity (Wildman–Crippen MR) is 77.2 cm³/mol. The van der Waals surface area contributed by atoms with E-state index in [1.807, 2.05) is 12.2 Å². The number of carbonyl (C=O) groups excluding carboxylic acids is 2. The Kier molecular flexibility index (Phi) is 5.93. The van der Waals surface area contributed by atoms with E-state index in [4.69, 9.17) is 11.6 Å². The quantitative estimate of drug-likeness (QED) is 0.281. The highest BCUT2D eigenvalue weighted by Gasteiger charge is 2.31. The maximum absolute atomic E-state index is 11.9. The average molecular weight is 332 g/mol. The number of phenols is 2. The van der Waals surface area contributed by atoms with Crippen molar-refractivity contribution in [3.05, 3.63) is 26.8 Å². The van der Waals surface area contributed by atoms with E-state index in [9.17, 15) is 29.9 Å². The number of rotatable bonds is 5. The molecular formula is C12H14ClN3O6. The lowest BCUT2D eigenvalue weighted by Crippen LogP contribution is -2.40. The van der Waals surface area contributed by atoms with Crippen molar-refractivity contribution in [3.63, 3.8) is 0 Å². The second-order valence-electron chi connectivity index (χ2n) is 4.27. The number of nitrogens with zero attached hydrogens (tertiary/aromatic N) is 1. The van der Waals surface area contributed by atoms with Crippen molar-refractivity contribution in [2.45, 2.75) is 19.8 Å². The number of unbranched alkanes of at least 4 members (excludes halogenated alkanes) is 1. The maximum Gasteiger partial charge on any atom is 0.328 e. The number of amides is 3. The SMILES string of the molecule is CCCCNC(=O)NC(=O)c1c(Cl)cc(O)c(O)c1[N+](=O)[O-]. The number of nitrogens with one attached hydrogen (secondary N) is 2. The topological polar surface area (TPSA) is 142 Å². The summed E-state index contributed by atoms with van der Waals surface area (Å²) in [5.74, 6) is -3.12. The molecule has 10 heteroatoms. The zero-order valence-electron chi connectivity index (χ0n) is 11.6. The summed E-state index contributed by atoms with van der Waals surface area (Å²) in [6.45, 7) is 2.24. The number of aromatic hydroxyl groups is 2. The van der Waals surface area contributed by atoms with Crippen molar-refractivity contribution in [2.24, 2.45) is 0 Å². The molecule has 0 saturated carbocycles. The molecule has 0 atom stereocenters. The first-order chi connectivity index (χ1) is 10.3. The molecule has 0 aromatic heterocycles. The van der Waals surface area contributed by atoms with Crippen LogP contribution >= 0.6 is 11.6 Å². The normalized spacial score (nSPS) is 10.1. The molecule has 0 unspecified atom stereocenters. The van der Waals surface area contributed by atoms with Crippen LogP contribution in [0.2, 0.25) is 5.02 Å². The Morgan fingerprint density at radius 1 is 1.41 bits per heavy atom. The number of hydrogen-bond acceptors (Lipinski definition) is 6. The summed E-state index contributed by atoms with van der Waals surface area (Å²) < 4.78 is 0. The second-order valence-corrected chi connectivity index (χ2v) is 4.68. The third-order valence-electron chi connectivity index (χ3n) is 2.66. The lowest BCUT2D eigenvalue weighted by Gasteiger charge is -2.09. The van der Waals surface area contributed by atoms with Crippen LogP contribution in [0, 0.1) is 10.1 Å². The fourth-order valence-electron chi connectivity index (χ4n) is 1.60. The number of phenolic OH excluding ortho intramolecular Hbond substituents is 2. The van der Waals surface area contributed by atoms with Crippen LogP contribution in [0.1, 0.15) is 30.1 Å². The highest BCUT2D eigenvalue weighted by atomic mass is 35.5. The van der Waals surface area contributed by atoms with Crippen LogP contribution in [-0.4, -0.2) is 33.6 Å². The van der Waals surface area contributed by atoms with Gasteiger partial charge in [0.05, 0.1) is 9.95 Å². The molecule has 22 heavy (non-hydrogen) atoms. The van der Waals surface area contributed by atoms with E-state index in [0.717, 1.165) is 12.5 Å². The third-order valence-corrected chi connectivity index (χ3v) is 2.96. The molecule has 0 spiro atoms. The van der Waals surface area contributed by atoms with E-state index in [1.54, 1.807) is 0 Å². The Morgan fingerprint density at radius 2 is 2.05 bits per heavy atom. The number of carbonyl (C=O) groups is 2. The van der Waals surface area contributed by atoms with E-state index in [2.05, 4.69) is 5.32 Å². The van der Waals surface area contributed by atoms with Crippen LogP contribution in [0.3, 0.4) is 0 Å². The molecule has 0 radical (unpaired) electrons. The Hall–Kier alpha value is -2.55. The van der Waals surface area contributed by atoms with E-state index in [0.29, 0.717) is 13.0 Å². The third kappa shape index (κ3) is 3.98. The molecule has 0 heterocycles. The molecule has 1 aromatic rings. The minimum atomic E-state index is -1.17. The van der Waals surface area contributed by atoms with Gasteiger partial charge >= 0.3 is 11.7 Å². The zero-order chi connectivity index (χ0) is 16.9. The van der Waals surface area contributed by atoms with Gasteiger partial charge in [-0.2, -0.15) is 0 Å². The maximum atomic E-state index is 11.9. The Balaban J connectivity index is 3.05. The largest absolute Gasteiger partial charge is 0.504 e. The zero-order valence-corrected chi connectivity index (χ0v) is 12.3. The molecule has 0 aliphatic heterocycles. The van der Waals surface area contributed by atoms with Crippen LogP contribution in [0.25, 0.3) is 0 Å². The Labute approximate surface area is 130 Å². The summed E-state index contributed by atoms with van der Waals surface area (Å²) in [5, 5.41) is 33.5. The lowest BCUT2D eigenvalue weighted by molar-refractivity contribution is -0.386. The van der Waals surface area contributed by atoms with Gasteiger partial charge in [0.1, 0.15) is 5.56 Å². The predicted octanol–water partition coefficient (Wildman–Crippen LogP) is 1.90. The Morgan fingerprint density at radius 3 is 2.59 bits per heavy atom. The number of imide groups is 1. The second kappa shape index (κ2) is 7.46. The van der Waals surface area contributed by atoms with Crippen molar-refractivity contribution in [1.29, 1.82) is 0 Å². The summed E-state index contributed by atoms with van der Waals surface area (Å²) in [5.41, 5.74) is -1.79. The van der Waals surface area contributed by atoms with Gasteiger partial charge in [-0.15, -0.1) is 0 Å². The number of urea groups is 1. The van der Waals surface area contributed by atoms with Crippen molar-refractivity contribution < 1.29 is 24.7 Å². The first-order valence-electron chi connectivity index (χ1n) is 6.27. The van der Waals surface area contributed by atoms with Gasteiger partial charge in [0, 0.05) is 12.6 Å². The smallest absolute Gasteiger partial charge is 0.328 e. The molecule has 120 valence electrons. The molecule has 0 aliphatic rings. The van der Waals surface area contributed by atoms with Gasteiger partial charge in [-0.1, -0.05) is 24.9 Å². The molecule has 0 saturated heterocycles. The molecular weight excluding hydrogens is 318 g/mol. The number of benzene rings is 1. The van der Waals surface area contributed by atoms with Gasteiger partial charge in [0.25, 0.3) is 5.91 Å². The summed E-state index contributed by atoms with van der Waals surface area (Å²) in [7, 11) is 0. The van der Waals surface area contributed by atoms with Crippen LogP contribution in [0.4, 0.5) is 10.5 Å². The van der Waals surface area contributed by atoms with E-state index < -0.39 is 44.6 Å². The number of nitro benzene ring substituents is 1. The van der Waals surface area contributed by atoms with Crippen molar-refractivity contribution in [1.82, 2.24) is 10.6 Å². The minimum Gasteiger partial charge on any atom is -0.504 e. The molecule has 1 aromatic carbocycles. The summed E-state index contributed by atoms with van der Waals surface area (Å²) in [4.78, 5) is 33.3. The van der Waals surface area contributed by atoms with Crippen molar-refractivity contribution >= 4 is 29.2 Å². The van der Waals surface area contributed by atoms with Crippen molar-refractivity contribution in [3.8, 4) is 11.5 Å². The number of hydrogen-bond donors (Lipinski definition) is 4. The molecule has 0 fully saturated rings. The average Bonchev–Trinajstić information content (AvgIpc) is 2.42. The van der Waals surface area contributed by atoms with Crippen LogP contribution in [-0.2, 0) is 0 Å². The highest BCUT2D eigenvalue weighted by molar-refractivity contribution is 6.35. The molecule has 9 nitrogen and oxygen atoms in total. The van der Waals surface area contributed by atoms with Gasteiger partial charge in [-0.05, 0) is 6.42 Å². The standard InChI is InChI=1S/C12H14ClN3O6/c1-2-3-4-14-12(20)15-11(19)8-6(13)5-7(17)10(18)9(8)16(21)22/h5,17-18H,2-4H2,1H3,(H2,14,15,19,20). The lowest BCUT2D eigenvalue weighted by atomic mass is 10.1. The van der Waals surface area contributed by atoms with Gasteiger partial charge < -0.3 is 15.5 Å². The summed E-state index contributed by atoms with van der Waals surface area (Å²) >= 11 is 5.69. The van der Waals surface area contributed by atoms with E-state index in [1.165, 1.54) is 0 Å². The van der Waals surface area contributed by atoms with Crippen LogP contribution in [0.15, 0.2) is 6.07 Å². The van der Waals surface area contributed by atoms with Gasteiger partial charge in [-0.3, -0.25) is 20.2 Å². The van der Waals surface area contributed by atoms with Gasteiger partial charge in [-0.25, -0.2) is 4.79 Å². The summed E-state index contributed by atoms with van der Waals surface area (Å²) in [6, 6.07) is -0.0790. The van der Waals surface area contributed by atoms with Gasteiger partial charge in [0.15, 0.2) is 5.75 Å². The molecule has 3 amide bonds. The molecule has 0 bridgehead atoms. The first kappa shape index (κ1) is 17.5. The van der Waals surface area contributed by atoms with E-state index >= 15 is 0 Å². The van der Waals surface area contributed by atoms with Crippen molar-refractivity contribution in [2.75, 3.05) is 6.54 Å². The highest BCUT2D eigenvalue weighted by Crippen LogP contribution is 2.41. The fraction of sp³-hybridized carbons (Fsp3) is 0.333. The monoisotopic (exact) mass is 331 g/mol. The van der Waals surface area contributed by atoms with E-state index in [-0.39, 0.29) is 0 Å². The van der Waals surface area contributed by atoms with Crippen LogP contribution in [0.5, 0.6) is 11.5 Å². The molecule has 0 aliphatic carbocycles. The van der Waals surface area contributed by atoms with Gasteiger partial charge in [0.2, 0.25) is 5.75 Å². The number of nitro groups is 1. The number of halogens is 1. The molecule has 4 N–H and O–H groups in total.